The number of benzene rings is 2. The van der Waals surface area contributed by atoms with Gasteiger partial charge in [0.25, 0.3) is 5.91 Å². The number of amides is 1. The largest absolute Gasteiger partial charge is 0.451 e. The molecule has 3 rings (SSSR count). The molecular weight excluding hydrogens is 435 g/mol. The number of hydrogen-bond donors (Lipinski definition) is 2. The number of hydrogen-bond acceptors (Lipinski definition) is 3. The maximum absolute atomic E-state index is 12.3. The van der Waals surface area contributed by atoms with Crippen LogP contribution in [-0.2, 0) is 6.42 Å². The molecule has 1 heterocycles. The third kappa shape index (κ3) is 3.76. The van der Waals surface area contributed by atoms with Crippen molar-refractivity contribution in [3.05, 3.63) is 63.4 Å². The minimum atomic E-state index is -0.368. The van der Waals surface area contributed by atoms with E-state index >= 15 is 0 Å². The van der Waals surface area contributed by atoms with E-state index in [0.717, 1.165) is 26.6 Å². The van der Waals surface area contributed by atoms with Crippen LogP contribution in [0, 0.1) is 3.57 Å². The Bertz CT molecular complexity index is 887. The molecule has 0 aliphatic carbocycles. The molecule has 122 valence electrons. The third-order valence-electron chi connectivity index (χ3n) is 3.57. The van der Waals surface area contributed by atoms with Crippen molar-refractivity contribution >= 4 is 62.5 Å². The summed E-state index contributed by atoms with van der Waals surface area (Å²) in [6.45, 7) is 2.08. The quantitative estimate of drug-likeness (QED) is 0.448. The Labute approximate surface area is 158 Å². The molecule has 6 heteroatoms. The molecule has 4 nitrogen and oxygen atoms in total. The summed E-state index contributed by atoms with van der Waals surface area (Å²) in [5.41, 5.74) is 2.71. The molecule has 0 fully saturated rings. The Hall–Kier alpha value is -1.93. The van der Waals surface area contributed by atoms with E-state index in [2.05, 4.69) is 46.2 Å². The highest BCUT2D eigenvalue weighted by Gasteiger charge is 2.14. The van der Waals surface area contributed by atoms with Crippen LogP contribution in [0.4, 0.5) is 5.69 Å². The maximum atomic E-state index is 12.3. The van der Waals surface area contributed by atoms with Crippen LogP contribution in [0.5, 0.6) is 0 Å². The zero-order valence-corrected chi connectivity index (χ0v) is 15.9. The Morgan fingerprint density at radius 1 is 1.21 bits per heavy atom. The second-order valence-corrected chi connectivity index (χ2v) is 6.87. The van der Waals surface area contributed by atoms with Crippen LogP contribution in [0.3, 0.4) is 0 Å². The molecule has 0 spiro atoms. The van der Waals surface area contributed by atoms with Gasteiger partial charge in [0.05, 0.1) is 0 Å². The number of para-hydroxylation sites is 1. The molecule has 0 bridgehead atoms. The van der Waals surface area contributed by atoms with Gasteiger partial charge in [0.1, 0.15) is 5.58 Å². The minimum absolute atomic E-state index is 0.235. The zero-order valence-electron chi connectivity index (χ0n) is 12.9. The number of rotatable bonds is 3. The predicted molar refractivity (Wildman–Crippen MR) is 108 cm³/mol. The number of anilines is 1. The van der Waals surface area contributed by atoms with Crippen LogP contribution < -0.4 is 10.6 Å². The molecule has 0 saturated heterocycles. The van der Waals surface area contributed by atoms with Gasteiger partial charge < -0.3 is 9.73 Å². The second kappa shape index (κ2) is 7.31. The Balaban J connectivity index is 1.71. The van der Waals surface area contributed by atoms with Crippen molar-refractivity contribution in [2.24, 2.45) is 0 Å². The number of nitrogens with one attached hydrogen (secondary N) is 2. The lowest BCUT2D eigenvalue weighted by Crippen LogP contribution is -2.34. The second-order valence-electron chi connectivity index (χ2n) is 5.21. The zero-order chi connectivity index (χ0) is 17.1. The summed E-state index contributed by atoms with van der Waals surface area (Å²) in [7, 11) is 0. The number of carbonyl (C=O) groups excluding carboxylic acids is 1. The van der Waals surface area contributed by atoms with Gasteiger partial charge in [-0.15, -0.1) is 0 Å². The summed E-state index contributed by atoms with van der Waals surface area (Å²) in [5, 5.41) is 6.86. The topological polar surface area (TPSA) is 54.3 Å². The van der Waals surface area contributed by atoms with E-state index < -0.39 is 0 Å². The van der Waals surface area contributed by atoms with Crippen LogP contribution in [0.25, 0.3) is 11.0 Å². The van der Waals surface area contributed by atoms with Gasteiger partial charge in [0.2, 0.25) is 0 Å². The molecule has 3 aromatic rings. The van der Waals surface area contributed by atoms with Crippen molar-refractivity contribution in [2.75, 3.05) is 5.32 Å². The van der Waals surface area contributed by atoms with E-state index in [4.69, 9.17) is 16.6 Å². The van der Waals surface area contributed by atoms with Crippen molar-refractivity contribution < 1.29 is 9.21 Å². The van der Waals surface area contributed by atoms with E-state index in [1.807, 2.05) is 36.4 Å². The fourth-order valence-corrected chi connectivity index (χ4v) is 3.15. The summed E-state index contributed by atoms with van der Waals surface area (Å²) in [5.74, 6) is -0.133. The van der Waals surface area contributed by atoms with E-state index in [1.54, 1.807) is 6.07 Å². The minimum Gasteiger partial charge on any atom is -0.451 e. The summed E-state index contributed by atoms with van der Waals surface area (Å²) in [4.78, 5) is 12.3. The van der Waals surface area contributed by atoms with Crippen molar-refractivity contribution in [1.82, 2.24) is 5.32 Å². The van der Waals surface area contributed by atoms with Crippen LogP contribution in [-0.4, -0.2) is 11.0 Å². The van der Waals surface area contributed by atoms with E-state index in [1.165, 1.54) is 0 Å². The third-order valence-corrected chi connectivity index (χ3v) is 4.45. The number of furan rings is 1. The van der Waals surface area contributed by atoms with Crippen LogP contribution in [0.15, 0.2) is 52.9 Å². The van der Waals surface area contributed by atoms with E-state index in [0.29, 0.717) is 5.58 Å². The van der Waals surface area contributed by atoms with Crippen molar-refractivity contribution in [1.29, 1.82) is 0 Å². The fourth-order valence-electron chi connectivity index (χ4n) is 2.39. The van der Waals surface area contributed by atoms with Crippen LogP contribution in [0.1, 0.15) is 23.0 Å². The molecule has 1 amide bonds. The Morgan fingerprint density at radius 2 is 2.00 bits per heavy atom. The highest BCUT2D eigenvalue weighted by molar-refractivity contribution is 14.1. The summed E-state index contributed by atoms with van der Waals surface area (Å²) in [6, 6.07) is 15.2. The number of carbonyl (C=O) groups is 1. The molecule has 0 unspecified atom stereocenters. The first-order valence-electron chi connectivity index (χ1n) is 7.46. The molecule has 0 aliphatic heterocycles. The first-order chi connectivity index (χ1) is 11.6. The van der Waals surface area contributed by atoms with Gasteiger partial charge in [-0.25, -0.2) is 0 Å². The van der Waals surface area contributed by atoms with Crippen molar-refractivity contribution in [2.45, 2.75) is 13.3 Å². The average Bonchev–Trinajstić information content (AvgIpc) is 3.00. The van der Waals surface area contributed by atoms with Gasteiger partial charge >= 0.3 is 0 Å². The maximum Gasteiger partial charge on any atom is 0.293 e. The van der Waals surface area contributed by atoms with Crippen molar-refractivity contribution in [3.8, 4) is 0 Å². The van der Waals surface area contributed by atoms with Crippen molar-refractivity contribution in [3.63, 3.8) is 0 Å². The summed E-state index contributed by atoms with van der Waals surface area (Å²) >= 11 is 7.52. The SMILES string of the molecule is CCc1cc(I)ccc1NC(=S)NC(=O)c1cc2ccccc2o1. The van der Waals surface area contributed by atoms with E-state index in [-0.39, 0.29) is 16.8 Å². The standard InChI is InChI=1S/C18H15IN2O2S/c1-2-11-9-13(19)7-8-14(11)20-18(24)21-17(22)16-10-12-5-3-4-6-15(12)23-16/h3-10H,2H2,1H3,(H2,20,21,22,24). The molecule has 2 aromatic carbocycles. The Kier molecular flexibility index (Phi) is 5.15. The van der Waals surface area contributed by atoms with Gasteiger partial charge in [-0.1, -0.05) is 25.1 Å². The number of thiocarbonyl (C=S) groups is 1. The van der Waals surface area contributed by atoms with Crippen LogP contribution in [0.2, 0.25) is 0 Å². The van der Waals surface area contributed by atoms with Gasteiger partial charge in [-0.2, -0.15) is 0 Å². The highest BCUT2D eigenvalue weighted by atomic mass is 127. The van der Waals surface area contributed by atoms with Gasteiger partial charge in [0.15, 0.2) is 10.9 Å². The van der Waals surface area contributed by atoms with E-state index in [9.17, 15) is 4.79 Å². The molecule has 2 N–H and O–H groups in total. The molecule has 0 saturated carbocycles. The normalized spacial score (nSPS) is 10.6. The number of aryl methyl sites for hydroxylation is 1. The van der Waals surface area contributed by atoms with Gasteiger partial charge in [-0.3, -0.25) is 10.1 Å². The first kappa shape index (κ1) is 16.9. The van der Waals surface area contributed by atoms with Gasteiger partial charge in [-0.05, 0) is 77.1 Å². The number of halogens is 1. The summed E-state index contributed by atoms with van der Waals surface area (Å²) < 4.78 is 6.70. The van der Waals surface area contributed by atoms with Gasteiger partial charge in [0, 0.05) is 14.6 Å². The predicted octanol–water partition coefficient (Wildman–Crippen LogP) is 4.73. The lowest BCUT2D eigenvalue weighted by atomic mass is 10.1. The smallest absolute Gasteiger partial charge is 0.293 e. The monoisotopic (exact) mass is 450 g/mol. The molecule has 24 heavy (non-hydrogen) atoms. The lowest BCUT2D eigenvalue weighted by molar-refractivity contribution is 0.0953. The molecule has 0 atom stereocenters. The highest BCUT2D eigenvalue weighted by Crippen LogP contribution is 2.20. The lowest BCUT2D eigenvalue weighted by Gasteiger charge is -2.12. The fraction of sp³-hybridized carbons (Fsp3) is 0.111. The van der Waals surface area contributed by atoms with Crippen LogP contribution >= 0.6 is 34.8 Å². The molecular formula is C18H15IN2O2S. The Morgan fingerprint density at radius 3 is 2.75 bits per heavy atom. The molecule has 1 aromatic heterocycles. The molecule has 0 aliphatic rings. The average molecular weight is 450 g/mol. The number of fused-ring (bicyclic) bond motifs is 1. The first-order valence-corrected chi connectivity index (χ1v) is 8.95. The summed E-state index contributed by atoms with van der Waals surface area (Å²) in [6.07, 6.45) is 0.874. The molecule has 0 radical (unpaired) electrons.